The molecule has 0 spiro atoms. The van der Waals surface area contributed by atoms with E-state index in [4.69, 9.17) is 9.57 Å². The topological polar surface area (TPSA) is 95.1 Å². The molecule has 4 rings (SSSR count). The molecule has 2 heterocycles. The average molecular weight is 572 g/mol. The summed E-state index contributed by atoms with van der Waals surface area (Å²) in [5, 5.41) is 7.36. The number of carbonyl (C=O) groups excluding carboxylic acids is 1. The predicted molar refractivity (Wildman–Crippen MR) is 151 cm³/mol. The molecule has 1 aromatic heterocycles. The monoisotopic (exact) mass is 571 g/mol. The number of nitrogens with zero attached hydrogens (tertiary/aromatic N) is 5. The van der Waals surface area contributed by atoms with Crippen molar-refractivity contribution in [2.75, 3.05) is 68.5 Å². The number of amides is 1. The van der Waals surface area contributed by atoms with Gasteiger partial charge >= 0.3 is 0 Å². The number of hydroxylamine groups is 1. The van der Waals surface area contributed by atoms with Crippen molar-refractivity contribution in [1.29, 1.82) is 0 Å². The first-order valence-electron chi connectivity index (χ1n) is 12.8. The van der Waals surface area contributed by atoms with Crippen LogP contribution in [-0.4, -0.2) is 68.7 Å². The number of halogens is 3. The lowest BCUT2D eigenvalue weighted by Gasteiger charge is -2.26. The Morgan fingerprint density at radius 2 is 1.93 bits per heavy atom. The highest BCUT2D eigenvalue weighted by Crippen LogP contribution is 2.40. The zero-order valence-corrected chi connectivity index (χ0v) is 23.2. The Hall–Kier alpha value is -4.36. The summed E-state index contributed by atoms with van der Waals surface area (Å²) in [4.78, 5) is 30.5. The molecule has 2 N–H and O–H groups in total. The lowest BCUT2D eigenvalue weighted by Crippen LogP contribution is -2.29. The van der Waals surface area contributed by atoms with Crippen molar-refractivity contribution in [1.82, 2.24) is 14.9 Å². The Morgan fingerprint density at radius 3 is 2.63 bits per heavy atom. The molecule has 0 unspecified atom stereocenters. The first kappa shape index (κ1) is 29.6. The Bertz CT molecular complexity index is 1420. The SMILES string of the molecule is C=CC(=O)Nc1cc(Nc2cc(N3OCC[C@@H]3c3ccc(F)c(F)c3F)ncn2)c(OC)cc1N(C)CCN(C)C. The first-order chi connectivity index (χ1) is 19.6. The highest BCUT2D eigenvalue weighted by Gasteiger charge is 2.33. The number of likely N-dealkylation sites (N-methyl/N-ethyl adjacent to an activating group) is 2. The van der Waals surface area contributed by atoms with Gasteiger partial charge in [0.15, 0.2) is 23.3 Å². The van der Waals surface area contributed by atoms with Gasteiger partial charge < -0.3 is 25.2 Å². The fraction of sp³-hybridized carbons (Fsp3) is 0.321. The van der Waals surface area contributed by atoms with Crippen molar-refractivity contribution in [2.45, 2.75) is 12.5 Å². The molecule has 1 fully saturated rings. The maximum atomic E-state index is 14.6. The number of carbonyl (C=O) groups is 1. The van der Waals surface area contributed by atoms with Gasteiger partial charge in [0.05, 0.1) is 36.8 Å². The quantitative estimate of drug-likeness (QED) is 0.252. The molecule has 3 aromatic rings. The molecule has 1 atom stereocenters. The molecule has 10 nitrogen and oxygen atoms in total. The number of methoxy groups -OCH3 is 1. The standard InChI is InChI=1S/C28H32F3N7O3/c1-6-26(39)35-19-13-20(23(40-5)14-22(19)37(4)11-10-36(2)3)34-24-15-25(33-16-32-24)38-21(9-12-41-38)17-7-8-18(29)28(31)27(17)30/h6-8,13-16,21H,1,9-12H2,2-5H3,(H,35,39)(H,32,33,34)/t21-/m1/s1. The van der Waals surface area contributed by atoms with Crippen LogP contribution in [0.4, 0.5) is 41.9 Å². The van der Waals surface area contributed by atoms with E-state index in [9.17, 15) is 18.0 Å². The van der Waals surface area contributed by atoms with Crippen LogP contribution in [0.15, 0.2) is 49.3 Å². The first-order valence-corrected chi connectivity index (χ1v) is 12.8. The summed E-state index contributed by atoms with van der Waals surface area (Å²) in [5.41, 5.74) is 1.69. The van der Waals surface area contributed by atoms with Crippen LogP contribution in [0.5, 0.6) is 5.75 Å². The fourth-order valence-electron chi connectivity index (χ4n) is 4.36. The van der Waals surface area contributed by atoms with Crippen molar-refractivity contribution in [2.24, 2.45) is 0 Å². The molecule has 2 aromatic carbocycles. The minimum absolute atomic E-state index is 0.0484. The molecule has 0 saturated carbocycles. The Kier molecular flexibility index (Phi) is 9.30. The zero-order chi connectivity index (χ0) is 29.7. The van der Waals surface area contributed by atoms with E-state index in [1.54, 1.807) is 18.2 Å². The van der Waals surface area contributed by atoms with Crippen LogP contribution in [0.1, 0.15) is 18.0 Å². The van der Waals surface area contributed by atoms with Crippen LogP contribution in [0.2, 0.25) is 0 Å². The normalized spacial score (nSPS) is 14.7. The lowest BCUT2D eigenvalue weighted by atomic mass is 10.0. The Morgan fingerprint density at radius 1 is 1.15 bits per heavy atom. The molecule has 1 saturated heterocycles. The predicted octanol–water partition coefficient (Wildman–Crippen LogP) is 4.65. The second-order valence-corrected chi connectivity index (χ2v) is 9.60. The van der Waals surface area contributed by atoms with Crippen molar-refractivity contribution in [3.63, 3.8) is 0 Å². The van der Waals surface area contributed by atoms with Crippen molar-refractivity contribution < 1.29 is 27.5 Å². The molecule has 1 aliphatic heterocycles. The summed E-state index contributed by atoms with van der Waals surface area (Å²) in [7, 11) is 7.38. The van der Waals surface area contributed by atoms with Crippen molar-refractivity contribution in [3.8, 4) is 5.75 Å². The Labute approximate surface area is 236 Å². The average Bonchev–Trinajstić information content (AvgIpc) is 3.44. The number of aromatic nitrogens is 2. The van der Waals surface area contributed by atoms with Gasteiger partial charge in [-0.05, 0) is 32.3 Å². The van der Waals surface area contributed by atoms with Gasteiger partial charge in [0.1, 0.15) is 17.9 Å². The number of ether oxygens (including phenoxy) is 1. The van der Waals surface area contributed by atoms with E-state index < -0.39 is 23.5 Å². The number of rotatable bonds is 11. The van der Waals surface area contributed by atoms with Crippen LogP contribution >= 0.6 is 0 Å². The maximum Gasteiger partial charge on any atom is 0.247 e. The number of hydrogen-bond acceptors (Lipinski definition) is 9. The smallest absolute Gasteiger partial charge is 0.247 e. The summed E-state index contributed by atoms with van der Waals surface area (Å²) in [6, 6.07) is 6.42. The molecular formula is C28H32F3N7O3. The third kappa shape index (κ3) is 6.69. The summed E-state index contributed by atoms with van der Waals surface area (Å²) in [6.45, 7) is 5.23. The summed E-state index contributed by atoms with van der Waals surface area (Å²) in [6.07, 6.45) is 2.80. The van der Waals surface area contributed by atoms with E-state index >= 15 is 0 Å². The van der Waals surface area contributed by atoms with Crippen LogP contribution < -0.4 is 25.3 Å². The minimum Gasteiger partial charge on any atom is -0.494 e. The van der Waals surface area contributed by atoms with Gasteiger partial charge in [-0.15, -0.1) is 0 Å². The maximum absolute atomic E-state index is 14.6. The van der Waals surface area contributed by atoms with Gasteiger partial charge in [-0.2, -0.15) is 0 Å². The van der Waals surface area contributed by atoms with Gasteiger partial charge in [0.2, 0.25) is 5.91 Å². The molecular weight excluding hydrogens is 539 g/mol. The summed E-state index contributed by atoms with van der Waals surface area (Å²) >= 11 is 0. The second kappa shape index (κ2) is 12.9. The summed E-state index contributed by atoms with van der Waals surface area (Å²) in [5.74, 6) is -3.37. The lowest BCUT2D eigenvalue weighted by molar-refractivity contribution is -0.111. The van der Waals surface area contributed by atoms with Gasteiger partial charge in [-0.25, -0.2) is 28.2 Å². The van der Waals surface area contributed by atoms with E-state index in [2.05, 4.69) is 27.2 Å². The molecule has 0 radical (unpaired) electrons. The molecule has 218 valence electrons. The van der Waals surface area contributed by atoms with Crippen LogP contribution in [0.3, 0.4) is 0 Å². The van der Waals surface area contributed by atoms with E-state index in [1.807, 2.05) is 30.9 Å². The third-order valence-electron chi connectivity index (χ3n) is 6.52. The van der Waals surface area contributed by atoms with E-state index in [0.717, 1.165) is 18.3 Å². The van der Waals surface area contributed by atoms with Crippen LogP contribution in [-0.2, 0) is 9.63 Å². The molecule has 1 aliphatic rings. The molecule has 41 heavy (non-hydrogen) atoms. The van der Waals surface area contributed by atoms with Crippen molar-refractivity contribution in [3.05, 3.63) is 72.3 Å². The highest BCUT2D eigenvalue weighted by molar-refractivity contribution is 6.02. The highest BCUT2D eigenvalue weighted by atomic mass is 19.2. The van der Waals surface area contributed by atoms with E-state index in [1.165, 1.54) is 30.6 Å². The van der Waals surface area contributed by atoms with Gasteiger partial charge in [-0.3, -0.25) is 9.63 Å². The fourth-order valence-corrected chi connectivity index (χ4v) is 4.36. The second-order valence-electron chi connectivity index (χ2n) is 9.60. The number of benzene rings is 2. The number of anilines is 5. The van der Waals surface area contributed by atoms with Gasteiger partial charge in [0.25, 0.3) is 0 Å². The third-order valence-corrected chi connectivity index (χ3v) is 6.52. The number of nitrogens with one attached hydrogen (secondary N) is 2. The Balaban J connectivity index is 1.65. The van der Waals surface area contributed by atoms with Crippen molar-refractivity contribution >= 4 is 34.6 Å². The molecule has 0 bridgehead atoms. The van der Waals surface area contributed by atoms with E-state index in [-0.39, 0.29) is 23.9 Å². The zero-order valence-electron chi connectivity index (χ0n) is 23.2. The van der Waals surface area contributed by atoms with Gasteiger partial charge in [-0.1, -0.05) is 12.6 Å². The molecule has 13 heteroatoms. The largest absolute Gasteiger partial charge is 0.494 e. The van der Waals surface area contributed by atoms with Gasteiger partial charge in [0, 0.05) is 44.3 Å². The van der Waals surface area contributed by atoms with E-state index in [0.29, 0.717) is 35.9 Å². The van der Waals surface area contributed by atoms with Crippen LogP contribution in [0, 0.1) is 17.5 Å². The number of hydrogen-bond donors (Lipinski definition) is 2. The molecule has 1 amide bonds. The van der Waals surface area contributed by atoms with Crippen LogP contribution in [0.25, 0.3) is 0 Å². The molecule has 0 aliphatic carbocycles. The summed E-state index contributed by atoms with van der Waals surface area (Å²) < 4.78 is 47.7. The minimum atomic E-state index is -1.54.